The molecule has 0 spiro atoms. The molecule has 0 unspecified atom stereocenters. The van der Waals surface area contributed by atoms with Crippen LogP contribution in [0.15, 0.2) is 30.4 Å². The van der Waals surface area contributed by atoms with Gasteiger partial charge in [0.05, 0.1) is 12.9 Å². The normalized spacial score (nSPS) is 42.7. The summed E-state index contributed by atoms with van der Waals surface area (Å²) in [6, 6.07) is 0. The first-order chi connectivity index (χ1) is 15.5. The van der Waals surface area contributed by atoms with Crippen molar-refractivity contribution in [2.45, 2.75) is 83.3 Å². The Hall–Kier alpha value is -1.86. The Morgan fingerprint density at radius 1 is 1.19 bits per heavy atom. The van der Waals surface area contributed by atoms with Crippen molar-refractivity contribution in [3.8, 4) is 11.8 Å². The number of ketones is 1. The van der Waals surface area contributed by atoms with Gasteiger partial charge in [-0.2, -0.15) is 0 Å². The van der Waals surface area contributed by atoms with Crippen LogP contribution in [0.25, 0.3) is 0 Å². The fourth-order valence-corrected chi connectivity index (χ4v) is 8.06. The summed E-state index contributed by atoms with van der Waals surface area (Å²) in [7, 11) is 0. The van der Waals surface area contributed by atoms with Crippen molar-refractivity contribution in [1.29, 1.82) is 0 Å². The van der Waals surface area contributed by atoms with Crippen LogP contribution in [0.5, 0.6) is 0 Å². The number of hydrogen-bond acceptors (Lipinski definition) is 3. The number of carbonyl (C=O) groups is 1. The third-order valence-corrected chi connectivity index (χ3v) is 9.88. The molecule has 0 radical (unpaired) electrons. The quantitative estimate of drug-likeness (QED) is 0.552. The predicted octanol–water partition coefficient (Wildman–Crippen LogP) is 4.79. The maximum Gasteiger partial charge on any atom is 0.156 e. The maximum absolute atomic E-state index is 13.2. The van der Waals surface area contributed by atoms with Crippen LogP contribution in [-0.2, 0) is 11.3 Å². The highest BCUT2D eigenvalue weighted by atomic mass is 16.3. The number of fused-ring (bicyclic) bond motifs is 5. The number of aromatic nitrogens is 2. The van der Waals surface area contributed by atoms with E-state index in [1.54, 1.807) is 12.5 Å². The zero-order chi connectivity index (χ0) is 21.9. The standard InChI is InChI=1S/C28H36N2O2/c1-27-11-9-22-21-10-13-28(32,12-8-19-2-3-19)16-20(21)4-5-23(22)24(27)6-7-25(27)26(31)17-30-15-14-29-18-30/h4,14-15,18-19,21-25,32H,2-3,5-7,9-11,13,16-17H2,1H3/t21-,22+,23+,24-,25+,27-,28+/m0/s1. The predicted molar refractivity (Wildman–Crippen MR) is 123 cm³/mol. The fraction of sp³-hybridized carbons (Fsp3) is 0.714. The van der Waals surface area contributed by atoms with Crippen molar-refractivity contribution in [3.05, 3.63) is 30.4 Å². The van der Waals surface area contributed by atoms with E-state index in [1.165, 1.54) is 37.7 Å². The summed E-state index contributed by atoms with van der Waals surface area (Å²) < 4.78 is 1.93. The van der Waals surface area contributed by atoms with Crippen molar-refractivity contribution >= 4 is 5.78 Å². The molecular weight excluding hydrogens is 396 g/mol. The molecule has 4 saturated carbocycles. The van der Waals surface area contributed by atoms with Crippen molar-refractivity contribution in [2.24, 2.45) is 40.9 Å². The lowest BCUT2D eigenvalue weighted by Gasteiger charge is -2.54. The second kappa shape index (κ2) is 7.59. The van der Waals surface area contributed by atoms with Gasteiger partial charge in [0.15, 0.2) is 5.78 Å². The molecule has 4 nitrogen and oxygen atoms in total. The van der Waals surface area contributed by atoms with Gasteiger partial charge >= 0.3 is 0 Å². The largest absolute Gasteiger partial charge is 0.377 e. The summed E-state index contributed by atoms with van der Waals surface area (Å²) in [6.07, 6.45) is 18.8. The third kappa shape index (κ3) is 3.48. The average Bonchev–Trinajstić information content (AvgIpc) is 3.34. The molecule has 0 aliphatic heterocycles. The molecule has 6 rings (SSSR count). The minimum atomic E-state index is -0.793. The van der Waals surface area contributed by atoms with E-state index in [9.17, 15) is 9.90 Å². The van der Waals surface area contributed by atoms with Gasteiger partial charge in [-0.3, -0.25) is 4.79 Å². The molecule has 1 aromatic rings. The first-order valence-corrected chi connectivity index (χ1v) is 12.9. The van der Waals surface area contributed by atoms with Crippen molar-refractivity contribution < 1.29 is 9.90 Å². The van der Waals surface area contributed by atoms with Crippen molar-refractivity contribution in [2.75, 3.05) is 0 Å². The van der Waals surface area contributed by atoms with Gasteiger partial charge in [-0.1, -0.05) is 30.4 Å². The third-order valence-electron chi connectivity index (χ3n) is 9.88. The Balaban J connectivity index is 1.18. The number of hydrogen-bond donors (Lipinski definition) is 1. The molecule has 170 valence electrons. The summed E-state index contributed by atoms with van der Waals surface area (Å²) in [5.74, 6) is 10.4. The van der Waals surface area contributed by atoms with Crippen LogP contribution in [0.4, 0.5) is 0 Å². The summed E-state index contributed by atoms with van der Waals surface area (Å²) >= 11 is 0. The van der Waals surface area contributed by atoms with Crippen LogP contribution in [0, 0.1) is 52.8 Å². The summed E-state index contributed by atoms with van der Waals surface area (Å²) in [4.78, 5) is 17.3. The number of Topliss-reactive ketones (excluding diaryl/α,β-unsaturated/α-hetero) is 1. The highest BCUT2D eigenvalue weighted by Crippen LogP contribution is 2.63. The molecule has 0 aromatic carbocycles. The summed E-state index contributed by atoms with van der Waals surface area (Å²) in [5, 5.41) is 11.1. The highest BCUT2D eigenvalue weighted by Gasteiger charge is 2.57. The second-order valence-corrected chi connectivity index (χ2v) is 11.7. The maximum atomic E-state index is 13.2. The number of aliphatic hydroxyl groups is 1. The summed E-state index contributed by atoms with van der Waals surface area (Å²) in [5.41, 5.74) is 0.841. The smallest absolute Gasteiger partial charge is 0.156 e. The van der Waals surface area contributed by atoms with Gasteiger partial charge in [0.2, 0.25) is 0 Å². The van der Waals surface area contributed by atoms with Gasteiger partial charge in [0.25, 0.3) is 0 Å². The zero-order valence-corrected chi connectivity index (χ0v) is 19.3. The van der Waals surface area contributed by atoms with Crippen LogP contribution in [0.2, 0.25) is 0 Å². The first kappa shape index (κ1) is 20.7. The van der Waals surface area contributed by atoms with E-state index in [2.05, 4.69) is 29.8 Å². The Morgan fingerprint density at radius 2 is 2.06 bits per heavy atom. The van der Waals surface area contributed by atoms with Gasteiger partial charge < -0.3 is 9.67 Å². The minimum absolute atomic E-state index is 0.148. The van der Waals surface area contributed by atoms with Gasteiger partial charge in [0.1, 0.15) is 5.60 Å². The van der Waals surface area contributed by atoms with E-state index in [-0.39, 0.29) is 11.3 Å². The molecule has 1 N–H and O–H groups in total. The molecule has 1 aromatic heterocycles. The Kier molecular flexibility index (Phi) is 4.92. The molecule has 32 heavy (non-hydrogen) atoms. The van der Waals surface area contributed by atoms with Gasteiger partial charge in [-0.15, -0.1) is 0 Å². The molecule has 4 heteroatoms. The van der Waals surface area contributed by atoms with E-state index in [4.69, 9.17) is 0 Å². The van der Waals surface area contributed by atoms with Gasteiger partial charge in [-0.25, -0.2) is 4.98 Å². The topological polar surface area (TPSA) is 55.1 Å². The van der Waals surface area contributed by atoms with E-state index < -0.39 is 5.60 Å². The lowest BCUT2D eigenvalue weighted by Crippen LogP contribution is -2.48. The highest BCUT2D eigenvalue weighted by molar-refractivity contribution is 5.82. The molecular formula is C28H36N2O2. The molecule has 0 saturated heterocycles. The lowest BCUT2D eigenvalue weighted by molar-refractivity contribution is -0.129. The van der Waals surface area contributed by atoms with Crippen LogP contribution >= 0.6 is 0 Å². The lowest BCUT2D eigenvalue weighted by atomic mass is 9.51. The van der Waals surface area contributed by atoms with E-state index >= 15 is 0 Å². The molecule has 5 aliphatic rings. The van der Waals surface area contributed by atoms with Crippen LogP contribution < -0.4 is 0 Å². The second-order valence-electron chi connectivity index (χ2n) is 11.7. The average molecular weight is 433 g/mol. The van der Waals surface area contributed by atoms with E-state index in [0.717, 1.165) is 38.0 Å². The summed E-state index contributed by atoms with van der Waals surface area (Å²) in [6.45, 7) is 2.89. The molecule has 4 fully saturated rings. The molecule has 5 aliphatic carbocycles. The van der Waals surface area contributed by atoms with Crippen LogP contribution in [-0.4, -0.2) is 26.0 Å². The number of allylic oxidation sites excluding steroid dienone is 1. The molecule has 7 atom stereocenters. The fourth-order valence-electron chi connectivity index (χ4n) is 8.06. The molecule has 0 amide bonds. The number of nitrogens with zero attached hydrogens (tertiary/aromatic N) is 2. The van der Waals surface area contributed by atoms with E-state index in [1.807, 2.05) is 10.8 Å². The van der Waals surface area contributed by atoms with Crippen LogP contribution in [0.3, 0.4) is 0 Å². The number of imidazole rings is 1. The molecule has 1 heterocycles. The monoisotopic (exact) mass is 432 g/mol. The Morgan fingerprint density at radius 3 is 2.84 bits per heavy atom. The first-order valence-electron chi connectivity index (χ1n) is 12.9. The SMILES string of the molecule is C[C@]12CC[C@H]3[C@@H](CC=C4C[C@@](O)(C#CC5CC5)CC[C@@H]43)[C@@H]1CC[C@@H]2C(=O)Cn1ccnc1. The minimum Gasteiger partial charge on any atom is -0.377 e. The van der Waals surface area contributed by atoms with E-state index in [0.29, 0.717) is 36.0 Å². The zero-order valence-electron chi connectivity index (χ0n) is 19.3. The van der Waals surface area contributed by atoms with Crippen molar-refractivity contribution in [1.82, 2.24) is 9.55 Å². The number of carbonyl (C=O) groups excluding carboxylic acids is 1. The Labute approximate surface area is 191 Å². The number of rotatable bonds is 3. The Bertz CT molecular complexity index is 981. The van der Waals surface area contributed by atoms with Gasteiger partial charge in [-0.05, 0) is 86.9 Å². The molecule has 0 bridgehead atoms. The van der Waals surface area contributed by atoms with Gasteiger partial charge in [0, 0.05) is 30.7 Å². The van der Waals surface area contributed by atoms with Crippen molar-refractivity contribution in [3.63, 3.8) is 0 Å². The van der Waals surface area contributed by atoms with Crippen LogP contribution in [0.1, 0.15) is 71.1 Å².